The van der Waals surface area contributed by atoms with E-state index in [1.54, 1.807) is 24.3 Å². The van der Waals surface area contributed by atoms with Gasteiger partial charge in [-0.15, -0.1) is 0 Å². The normalized spacial score (nSPS) is 11.8. The second-order valence-electron chi connectivity index (χ2n) is 11.4. The molecule has 0 fully saturated rings. The van der Waals surface area contributed by atoms with Crippen LogP contribution in [0, 0.1) is 13.8 Å². The summed E-state index contributed by atoms with van der Waals surface area (Å²) in [4.78, 5) is 30.0. The first-order valence-electron chi connectivity index (χ1n) is 15.5. The number of anilines is 1. The van der Waals surface area contributed by atoms with Crippen LogP contribution >= 0.6 is 0 Å². The Hall–Kier alpha value is -4.63. The van der Waals surface area contributed by atoms with Crippen LogP contribution < -0.4 is 14.4 Å². The highest BCUT2D eigenvalue weighted by Crippen LogP contribution is 2.34. The monoisotopic (exact) mass is 641 g/mol. The van der Waals surface area contributed by atoms with Gasteiger partial charge in [0.05, 0.1) is 17.7 Å². The number of methoxy groups -OCH3 is 1. The molecule has 2 amide bonds. The molecule has 46 heavy (non-hydrogen) atoms. The molecule has 0 radical (unpaired) electrons. The van der Waals surface area contributed by atoms with E-state index in [1.807, 2.05) is 87.5 Å². The smallest absolute Gasteiger partial charge is 0.264 e. The van der Waals surface area contributed by atoms with E-state index in [9.17, 15) is 18.0 Å². The Morgan fingerprint density at radius 2 is 1.43 bits per heavy atom. The number of nitrogens with zero attached hydrogens (tertiary/aromatic N) is 2. The molecule has 1 atom stereocenters. The van der Waals surface area contributed by atoms with E-state index in [0.717, 1.165) is 39.4 Å². The number of aryl methyl sites for hydroxylation is 2. The number of ether oxygens (including phenoxy) is 1. The maximum absolute atomic E-state index is 14.6. The average Bonchev–Trinajstić information content (AvgIpc) is 3.06. The SMILES string of the molecule is CCCCNC(=O)C(Cc1ccccc1)N(Cc1ccccc1)C(=O)CN(c1cc(C)ccc1OC)S(=O)(=O)c1ccc(C)cc1. The number of sulfonamides is 1. The minimum absolute atomic E-state index is 0.0437. The molecule has 1 N–H and O–H groups in total. The van der Waals surface area contributed by atoms with Gasteiger partial charge in [0.2, 0.25) is 11.8 Å². The van der Waals surface area contributed by atoms with E-state index < -0.39 is 28.5 Å². The van der Waals surface area contributed by atoms with Gasteiger partial charge in [-0.05, 0) is 61.2 Å². The lowest BCUT2D eigenvalue weighted by Gasteiger charge is -2.34. The molecule has 0 heterocycles. The highest BCUT2D eigenvalue weighted by molar-refractivity contribution is 7.92. The standard InChI is InChI=1S/C37H43N3O5S/c1-5-6-23-38-37(42)34(25-30-13-9-7-10-14-30)39(26-31-15-11-8-12-16-31)36(41)27-40(33-24-29(3)19-22-35(33)45-4)46(43,44)32-20-17-28(2)18-21-32/h7-22,24,34H,5-6,23,25-27H2,1-4H3,(H,38,42). The van der Waals surface area contributed by atoms with Crippen LogP contribution in [0.3, 0.4) is 0 Å². The fraction of sp³-hybridized carbons (Fsp3) is 0.297. The minimum atomic E-state index is -4.24. The Labute approximate surface area is 273 Å². The minimum Gasteiger partial charge on any atom is -0.495 e. The molecule has 8 nitrogen and oxygen atoms in total. The van der Waals surface area contributed by atoms with Crippen molar-refractivity contribution in [1.29, 1.82) is 0 Å². The summed E-state index contributed by atoms with van der Waals surface area (Å²) in [7, 11) is -2.78. The Morgan fingerprint density at radius 3 is 2.04 bits per heavy atom. The zero-order valence-electron chi connectivity index (χ0n) is 27.0. The maximum atomic E-state index is 14.6. The van der Waals surface area contributed by atoms with Gasteiger partial charge in [0.1, 0.15) is 18.3 Å². The van der Waals surface area contributed by atoms with Gasteiger partial charge in [-0.25, -0.2) is 8.42 Å². The number of hydrogen-bond acceptors (Lipinski definition) is 5. The number of carbonyl (C=O) groups is 2. The van der Waals surface area contributed by atoms with Crippen LogP contribution in [-0.2, 0) is 32.6 Å². The van der Waals surface area contributed by atoms with Crippen LogP contribution in [-0.4, -0.2) is 51.4 Å². The van der Waals surface area contributed by atoms with Crippen molar-refractivity contribution in [2.24, 2.45) is 0 Å². The van der Waals surface area contributed by atoms with Gasteiger partial charge in [-0.3, -0.25) is 13.9 Å². The predicted molar refractivity (Wildman–Crippen MR) is 182 cm³/mol. The molecule has 0 spiro atoms. The van der Waals surface area contributed by atoms with Crippen molar-refractivity contribution < 1.29 is 22.7 Å². The molecule has 0 aliphatic rings. The number of hydrogen-bond donors (Lipinski definition) is 1. The summed E-state index contributed by atoms with van der Waals surface area (Å²) in [5.41, 5.74) is 3.64. The molecule has 4 aromatic carbocycles. The van der Waals surface area contributed by atoms with Crippen LogP contribution in [0.4, 0.5) is 5.69 Å². The Bertz CT molecular complexity index is 1690. The van der Waals surface area contributed by atoms with E-state index in [0.29, 0.717) is 12.3 Å². The summed E-state index contributed by atoms with van der Waals surface area (Å²) in [6, 6.07) is 29.7. The summed E-state index contributed by atoms with van der Waals surface area (Å²) < 4.78 is 35.3. The second kappa shape index (κ2) is 16.1. The Morgan fingerprint density at radius 1 is 0.826 bits per heavy atom. The van der Waals surface area contributed by atoms with Crippen LogP contribution in [0.1, 0.15) is 42.0 Å². The van der Waals surface area contributed by atoms with Crippen LogP contribution in [0.2, 0.25) is 0 Å². The van der Waals surface area contributed by atoms with Gasteiger partial charge < -0.3 is 15.0 Å². The van der Waals surface area contributed by atoms with E-state index in [-0.39, 0.29) is 29.5 Å². The molecule has 0 saturated carbocycles. The zero-order chi connectivity index (χ0) is 33.1. The Balaban J connectivity index is 1.82. The number of carbonyl (C=O) groups excluding carboxylic acids is 2. The maximum Gasteiger partial charge on any atom is 0.264 e. The topological polar surface area (TPSA) is 96.0 Å². The lowest BCUT2D eigenvalue weighted by atomic mass is 10.0. The van der Waals surface area contributed by atoms with Gasteiger partial charge in [0.25, 0.3) is 10.0 Å². The first-order chi connectivity index (χ1) is 22.1. The summed E-state index contributed by atoms with van der Waals surface area (Å²) >= 11 is 0. The van der Waals surface area contributed by atoms with E-state index >= 15 is 0 Å². The zero-order valence-corrected chi connectivity index (χ0v) is 27.8. The molecule has 1 unspecified atom stereocenters. The first-order valence-corrected chi connectivity index (χ1v) is 17.0. The fourth-order valence-electron chi connectivity index (χ4n) is 5.19. The lowest BCUT2D eigenvalue weighted by Crippen LogP contribution is -2.53. The highest BCUT2D eigenvalue weighted by Gasteiger charge is 2.35. The summed E-state index contributed by atoms with van der Waals surface area (Å²) in [5, 5.41) is 3.01. The summed E-state index contributed by atoms with van der Waals surface area (Å²) in [6.45, 7) is 5.81. The molecular formula is C37H43N3O5S. The first kappa shape index (κ1) is 34.2. The van der Waals surface area contributed by atoms with Gasteiger partial charge in [-0.2, -0.15) is 0 Å². The van der Waals surface area contributed by atoms with Gasteiger partial charge in [0, 0.05) is 19.5 Å². The Kier molecular flexibility index (Phi) is 12.0. The molecule has 0 aliphatic carbocycles. The highest BCUT2D eigenvalue weighted by atomic mass is 32.2. The van der Waals surface area contributed by atoms with Crippen molar-refractivity contribution in [3.63, 3.8) is 0 Å². The van der Waals surface area contributed by atoms with E-state index in [4.69, 9.17) is 4.74 Å². The molecule has 242 valence electrons. The summed E-state index contributed by atoms with van der Waals surface area (Å²) in [5.74, 6) is -0.501. The number of amides is 2. The van der Waals surface area contributed by atoms with E-state index in [2.05, 4.69) is 5.32 Å². The largest absolute Gasteiger partial charge is 0.495 e. The van der Waals surface area contributed by atoms with Gasteiger partial charge >= 0.3 is 0 Å². The predicted octanol–water partition coefficient (Wildman–Crippen LogP) is 6.06. The molecule has 9 heteroatoms. The molecule has 0 saturated heterocycles. The number of rotatable bonds is 15. The van der Waals surface area contributed by atoms with Crippen molar-refractivity contribution >= 4 is 27.5 Å². The molecule has 0 aromatic heterocycles. The second-order valence-corrected chi connectivity index (χ2v) is 13.2. The van der Waals surface area contributed by atoms with Gasteiger partial charge in [-0.1, -0.05) is 97.8 Å². The average molecular weight is 642 g/mol. The lowest BCUT2D eigenvalue weighted by molar-refractivity contribution is -0.140. The van der Waals surface area contributed by atoms with Crippen molar-refractivity contribution in [3.05, 3.63) is 125 Å². The quantitative estimate of drug-likeness (QED) is 0.159. The van der Waals surface area contributed by atoms with Crippen molar-refractivity contribution in [3.8, 4) is 5.75 Å². The third-order valence-electron chi connectivity index (χ3n) is 7.79. The van der Waals surface area contributed by atoms with Crippen LogP contribution in [0.5, 0.6) is 5.75 Å². The van der Waals surface area contributed by atoms with Gasteiger partial charge in [0.15, 0.2) is 0 Å². The third kappa shape index (κ3) is 8.75. The number of unbranched alkanes of at least 4 members (excludes halogenated alkanes) is 1. The number of nitrogens with one attached hydrogen (secondary N) is 1. The van der Waals surface area contributed by atoms with E-state index in [1.165, 1.54) is 24.1 Å². The molecule has 0 bridgehead atoms. The van der Waals surface area contributed by atoms with Crippen molar-refractivity contribution in [2.45, 2.75) is 57.5 Å². The molecule has 4 rings (SSSR count). The number of benzene rings is 4. The van der Waals surface area contributed by atoms with Crippen molar-refractivity contribution in [2.75, 3.05) is 24.5 Å². The molecular weight excluding hydrogens is 598 g/mol. The molecule has 4 aromatic rings. The van der Waals surface area contributed by atoms with Crippen LogP contribution in [0.25, 0.3) is 0 Å². The summed E-state index contributed by atoms with van der Waals surface area (Å²) in [6.07, 6.45) is 1.96. The fourth-order valence-corrected chi connectivity index (χ4v) is 6.60. The van der Waals surface area contributed by atoms with Crippen LogP contribution in [0.15, 0.2) is 108 Å². The molecule has 0 aliphatic heterocycles. The van der Waals surface area contributed by atoms with Crippen molar-refractivity contribution in [1.82, 2.24) is 10.2 Å². The third-order valence-corrected chi connectivity index (χ3v) is 9.56.